The van der Waals surface area contributed by atoms with E-state index in [0.717, 1.165) is 11.3 Å². The van der Waals surface area contributed by atoms with E-state index < -0.39 is 0 Å². The van der Waals surface area contributed by atoms with Crippen molar-refractivity contribution in [2.45, 2.75) is 39.5 Å². The number of nitrogens with zero attached hydrogens (tertiary/aromatic N) is 3. The van der Waals surface area contributed by atoms with Gasteiger partial charge < -0.3 is 0 Å². The van der Waals surface area contributed by atoms with Gasteiger partial charge in [0, 0.05) is 17.5 Å². The van der Waals surface area contributed by atoms with Crippen LogP contribution >= 0.6 is 0 Å². The van der Waals surface area contributed by atoms with Crippen LogP contribution in [-0.4, -0.2) is 14.6 Å². The van der Waals surface area contributed by atoms with Gasteiger partial charge >= 0.3 is 0 Å². The Labute approximate surface area is 90.1 Å². The molecule has 0 fully saturated rings. The van der Waals surface area contributed by atoms with E-state index in [0.29, 0.717) is 11.8 Å². The zero-order valence-corrected chi connectivity index (χ0v) is 9.73. The van der Waals surface area contributed by atoms with E-state index in [-0.39, 0.29) is 0 Å². The van der Waals surface area contributed by atoms with Crippen LogP contribution in [0, 0.1) is 0 Å². The van der Waals surface area contributed by atoms with Crippen LogP contribution in [0.4, 0.5) is 0 Å². The molecule has 15 heavy (non-hydrogen) atoms. The molecule has 3 heteroatoms. The van der Waals surface area contributed by atoms with E-state index >= 15 is 0 Å². The summed E-state index contributed by atoms with van der Waals surface area (Å²) in [4.78, 5) is 4.66. The zero-order chi connectivity index (χ0) is 11.0. The van der Waals surface area contributed by atoms with E-state index in [2.05, 4.69) is 37.8 Å². The first-order valence-corrected chi connectivity index (χ1v) is 5.43. The van der Waals surface area contributed by atoms with Crippen LogP contribution in [0.5, 0.6) is 0 Å². The van der Waals surface area contributed by atoms with Gasteiger partial charge in [-0.2, -0.15) is 5.10 Å². The van der Waals surface area contributed by atoms with Gasteiger partial charge in [0.25, 0.3) is 0 Å². The highest BCUT2D eigenvalue weighted by Gasteiger charge is 2.10. The van der Waals surface area contributed by atoms with E-state index in [9.17, 15) is 0 Å². The second-order valence-corrected chi connectivity index (χ2v) is 4.53. The lowest BCUT2D eigenvalue weighted by atomic mass is 10.1. The molecule has 80 valence electrons. The molecular formula is C12H17N3. The normalized spacial score (nSPS) is 11.9. The largest absolute Gasteiger partial charge is 0.233 e. The number of hydrogen-bond acceptors (Lipinski definition) is 2. The third-order valence-electron chi connectivity index (χ3n) is 2.63. The van der Waals surface area contributed by atoms with Crippen LogP contribution in [0.1, 0.15) is 50.8 Å². The summed E-state index contributed by atoms with van der Waals surface area (Å²) >= 11 is 0. The Morgan fingerprint density at radius 3 is 2.47 bits per heavy atom. The van der Waals surface area contributed by atoms with Gasteiger partial charge in [-0.3, -0.25) is 0 Å². The molecular weight excluding hydrogens is 186 g/mol. The summed E-state index contributed by atoms with van der Waals surface area (Å²) in [6.07, 6.45) is 3.90. The van der Waals surface area contributed by atoms with Crippen LogP contribution in [0.15, 0.2) is 18.5 Å². The minimum atomic E-state index is 0.463. The van der Waals surface area contributed by atoms with E-state index in [1.165, 1.54) is 5.56 Å². The lowest BCUT2D eigenvalue weighted by Gasteiger charge is -2.06. The summed E-state index contributed by atoms with van der Waals surface area (Å²) in [6, 6.07) is 2.04. The molecule has 0 saturated heterocycles. The predicted octanol–water partition coefficient (Wildman–Crippen LogP) is 2.98. The topological polar surface area (TPSA) is 30.2 Å². The Balaban J connectivity index is 2.61. The average molecular weight is 203 g/mol. The monoisotopic (exact) mass is 203 g/mol. The fourth-order valence-corrected chi connectivity index (χ4v) is 1.63. The minimum absolute atomic E-state index is 0.463. The Kier molecular flexibility index (Phi) is 2.47. The smallest absolute Gasteiger partial charge is 0.158 e. The van der Waals surface area contributed by atoms with Crippen LogP contribution in [0.3, 0.4) is 0 Å². The summed E-state index contributed by atoms with van der Waals surface area (Å²) in [7, 11) is 0. The maximum atomic E-state index is 4.66. The maximum absolute atomic E-state index is 4.66. The first kappa shape index (κ1) is 10.1. The molecule has 3 nitrogen and oxygen atoms in total. The lowest BCUT2D eigenvalue weighted by Crippen LogP contribution is -1.98. The molecule has 2 rings (SSSR count). The highest BCUT2D eigenvalue weighted by atomic mass is 15.2. The van der Waals surface area contributed by atoms with Gasteiger partial charge in [-0.05, 0) is 17.9 Å². The Morgan fingerprint density at radius 2 is 1.87 bits per heavy atom. The molecule has 2 aromatic rings. The standard InChI is InChI=1S/C12H17N3/c1-8(2)10-7-13-15-6-5-11(9(3)4)14-12(10)15/h5-9H,1-4H3. The van der Waals surface area contributed by atoms with Crippen molar-refractivity contribution < 1.29 is 0 Å². The van der Waals surface area contributed by atoms with Crippen molar-refractivity contribution in [3.8, 4) is 0 Å². The summed E-state index contributed by atoms with van der Waals surface area (Å²) in [5.74, 6) is 0.933. The molecule has 0 unspecified atom stereocenters. The van der Waals surface area contributed by atoms with Gasteiger partial charge in [0.2, 0.25) is 0 Å². The summed E-state index contributed by atoms with van der Waals surface area (Å²) in [6.45, 7) is 8.65. The van der Waals surface area contributed by atoms with E-state index in [1.54, 1.807) is 0 Å². The third-order valence-corrected chi connectivity index (χ3v) is 2.63. The maximum Gasteiger partial charge on any atom is 0.158 e. The van der Waals surface area contributed by atoms with Gasteiger partial charge in [0.15, 0.2) is 5.65 Å². The third kappa shape index (κ3) is 1.74. The highest BCUT2D eigenvalue weighted by molar-refractivity contribution is 5.48. The van der Waals surface area contributed by atoms with Crippen LogP contribution in [0.2, 0.25) is 0 Å². The Hall–Kier alpha value is -1.38. The molecule has 0 bridgehead atoms. The van der Waals surface area contributed by atoms with Crippen molar-refractivity contribution in [1.29, 1.82) is 0 Å². The van der Waals surface area contributed by atoms with E-state index in [1.807, 2.05) is 23.0 Å². The lowest BCUT2D eigenvalue weighted by molar-refractivity contribution is 0.804. The number of hydrogen-bond donors (Lipinski definition) is 0. The summed E-state index contributed by atoms with van der Waals surface area (Å²) < 4.78 is 1.85. The average Bonchev–Trinajstić information content (AvgIpc) is 2.59. The van der Waals surface area contributed by atoms with Crippen molar-refractivity contribution in [2.24, 2.45) is 0 Å². The molecule has 0 spiro atoms. The second kappa shape index (κ2) is 3.65. The van der Waals surface area contributed by atoms with Crippen LogP contribution < -0.4 is 0 Å². The first-order valence-electron chi connectivity index (χ1n) is 5.43. The minimum Gasteiger partial charge on any atom is -0.233 e. The molecule has 2 heterocycles. The molecule has 0 N–H and O–H groups in total. The van der Waals surface area contributed by atoms with Gasteiger partial charge in [0.1, 0.15) is 0 Å². The molecule has 0 amide bonds. The zero-order valence-electron chi connectivity index (χ0n) is 9.73. The van der Waals surface area contributed by atoms with Crippen molar-refractivity contribution in [2.75, 3.05) is 0 Å². The van der Waals surface area contributed by atoms with Crippen LogP contribution in [-0.2, 0) is 0 Å². The van der Waals surface area contributed by atoms with Crippen molar-refractivity contribution in [1.82, 2.24) is 14.6 Å². The number of rotatable bonds is 2. The fourth-order valence-electron chi connectivity index (χ4n) is 1.63. The van der Waals surface area contributed by atoms with Crippen LogP contribution in [0.25, 0.3) is 5.65 Å². The summed E-state index contributed by atoms with van der Waals surface area (Å²) in [5, 5.41) is 4.29. The Morgan fingerprint density at radius 1 is 1.13 bits per heavy atom. The molecule has 0 atom stereocenters. The number of fused-ring (bicyclic) bond motifs is 1. The van der Waals surface area contributed by atoms with Gasteiger partial charge in [-0.15, -0.1) is 0 Å². The van der Waals surface area contributed by atoms with Gasteiger partial charge in [-0.25, -0.2) is 9.50 Å². The molecule has 0 saturated carbocycles. The first-order chi connectivity index (χ1) is 7.09. The quantitative estimate of drug-likeness (QED) is 0.751. The van der Waals surface area contributed by atoms with Crippen molar-refractivity contribution >= 4 is 5.65 Å². The van der Waals surface area contributed by atoms with E-state index in [4.69, 9.17) is 0 Å². The molecule has 0 aromatic carbocycles. The molecule has 0 aliphatic heterocycles. The number of aromatic nitrogens is 3. The molecule has 0 aliphatic carbocycles. The predicted molar refractivity (Wildman–Crippen MR) is 61.2 cm³/mol. The molecule has 0 radical (unpaired) electrons. The molecule has 2 aromatic heterocycles. The SMILES string of the molecule is CC(C)c1ccn2ncc(C(C)C)c2n1. The molecule has 0 aliphatic rings. The summed E-state index contributed by atoms with van der Waals surface area (Å²) in [5.41, 5.74) is 3.35. The van der Waals surface area contributed by atoms with Crippen molar-refractivity contribution in [3.63, 3.8) is 0 Å². The van der Waals surface area contributed by atoms with Crippen molar-refractivity contribution in [3.05, 3.63) is 29.7 Å². The second-order valence-electron chi connectivity index (χ2n) is 4.53. The Bertz CT molecular complexity index is 469. The highest BCUT2D eigenvalue weighted by Crippen LogP contribution is 2.20. The van der Waals surface area contributed by atoms with Gasteiger partial charge in [-0.1, -0.05) is 27.7 Å². The van der Waals surface area contributed by atoms with Gasteiger partial charge in [0.05, 0.1) is 6.20 Å². The fraction of sp³-hybridized carbons (Fsp3) is 0.500.